The monoisotopic (exact) mass is 663 g/mol. The lowest BCUT2D eigenvalue weighted by Crippen LogP contribution is -2.47. The van der Waals surface area contributed by atoms with Crippen LogP contribution in [-0.2, 0) is 4.79 Å². The molecule has 11 nitrogen and oxygen atoms in total. The van der Waals surface area contributed by atoms with Crippen molar-refractivity contribution in [2.45, 2.75) is 32.6 Å². The summed E-state index contributed by atoms with van der Waals surface area (Å²) >= 11 is 0. The number of rotatable bonds is 12. The van der Waals surface area contributed by atoms with Gasteiger partial charge in [-0.3, -0.25) is 14.4 Å². The van der Waals surface area contributed by atoms with Crippen molar-refractivity contribution in [2.75, 3.05) is 64.2 Å². The summed E-state index contributed by atoms with van der Waals surface area (Å²) in [5.41, 5.74) is 3.78. The Hall–Kier alpha value is -4.61. The molecular formula is C35H42ClN5O6. The maximum absolute atomic E-state index is 13.6. The van der Waals surface area contributed by atoms with Crippen molar-refractivity contribution >= 4 is 52.6 Å². The molecule has 0 radical (unpaired) electrons. The summed E-state index contributed by atoms with van der Waals surface area (Å²) in [5, 5.41) is 2.85. The molecule has 0 spiro atoms. The molecule has 5 rings (SSSR count). The quantitative estimate of drug-likeness (QED) is 0.189. The van der Waals surface area contributed by atoms with E-state index in [4.69, 9.17) is 13.9 Å². The number of carbonyl (C=O) groups is 3. The number of oxazole rings is 1. The van der Waals surface area contributed by atoms with Crippen LogP contribution in [0.4, 0.5) is 11.4 Å². The minimum absolute atomic E-state index is 0. The fourth-order valence-corrected chi connectivity index (χ4v) is 5.46. The fraction of sp³-hybridized carbons (Fsp3) is 0.371. The van der Waals surface area contributed by atoms with Crippen LogP contribution in [0.2, 0.25) is 0 Å². The first-order valence-electron chi connectivity index (χ1n) is 15.5. The lowest BCUT2D eigenvalue weighted by Gasteiger charge is -2.32. The van der Waals surface area contributed by atoms with E-state index < -0.39 is 0 Å². The van der Waals surface area contributed by atoms with Crippen LogP contribution in [0.15, 0.2) is 65.4 Å². The lowest BCUT2D eigenvalue weighted by atomic mass is 10.1. The van der Waals surface area contributed by atoms with Crippen molar-refractivity contribution in [1.82, 2.24) is 14.8 Å². The van der Waals surface area contributed by atoms with Crippen LogP contribution in [0.1, 0.15) is 52.0 Å². The number of halogens is 1. The van der Waals surface area contributed by atoms with E-state index in [0.29, 0.717) is 58.1 Å². The molecule has 1 aliphatic heterocycles. The summed E-state index contributed by atoms with van der Waals surface area (Å²) in [4.78, 5) is 49.1. The minimum atomic E-state index is -0.378. The normalized spacial score (nSPS) is 13.1. The zero-order chi connectivity index (χ0) is 32.6. The highest BCUT2D eigenvalue weighted by Gasteiger charge is 2.21. The van der Waals surface area contributed by atoms with Gasteiger partial charge in [0.1, 0.15) is 17.0 Å². The summed E-state index contributed by atoms with van der Waals surface area (Å²) in [6.45, 7) is 5.91. The number of aryl methyl sites for hydroxylation is 1. The summed E-state index contributed by atoms with van der Waals surface area (Å²) in [7, 11) is 5.26. The Morgan fingerprint density at radius 2 is 1.77 bits per heavy atom. The Bertz CT molecular complexity index is 1700. The van der Waals surface area contributed by atoms with Gasteiger partial charge in [0.05, 0.1) is 30.7 Å². The number of benzene rings is 3. The van der Waals surface area contributed by atoms with Crippen molar-refractivity contribution in [2.24, 2.45) is 0 Å². The Labute approximate surface area is 281 Å². The molecule has 47 heavy (non-hydrogen) atoms. The summed E-state index contributed by atoms with van der Waals surface area (Å²) in [5.74, 6) is 0.539. The third kappa shape index (κ3) is 8.60. The number of hydrogen-bond acceptors (Lipinski definition) is 8. The van der Waals surface area contributed by atoms with Gasteiger partial charge >= 0.3 is 0 Å². The Morgan fingerprint density at radius 1 is 0.979 bits per heavy atom. The van der Waals surface area contributed by atoms with Gasteiger partial charge in [-0.1, -0.05) is 12.1 Å². The summed E-state index contributed by atoms with van der Waals surface area (Å²) in [6, 6.07) is 15.7. The molecule has 1 N–H and O–H groups in total. The number of carbonyl (C=O) groups excluding carboxylic acids is 3. The zero-order valence-corrected chi connectivity index (χ0v) is 28.1. The molecular weight excluding hydrogens is 622 g/mol. The summed E-state index contributed by atoms with van der Waals surface area (Å²) < 4.78 is 17.0. The van der Waals surface area contributed by atoms with Gasteiger partial charge in [-0.25, -0.2) is 4.98 Å². The number of anilines is 2. The second-order valence-electron chi connectivity index (χ2n) is 11.6. The molecule has 1 saturated heterocycles. The SMILES string of the molecule is COc1cc(C(=O)N(C)c2ccc(C)cc2OCCCCCC(=O)N2CCN(C)CC2)ccc1NC(=O)c1cccc2ocnc12.Cl. The van der Waals surface area contributed by atoms with Gasteiger partial charge in [-0.05, 0) is 81.3 Å². The number of ether oxygens (including phenoxy) is 2. The second-order valence-corrected chi connectivity index (χ2v) is 11.6. The van der Waals surface area contributed by atoms with E-state index in [-0.39, 0.29) is 30.1 Å². The van der Waals surface area contributed by atoms with Crippen LogP contribution in [0.3, 0.4) is 0 Å². The molecule has 1 fully saturated rings. The van der Waals surface area contributed by atoms with Crippen LogP contribution in [0.5, 0.6) is 11.5 Å². The van der Waals surface area contributed by atoms with Crippen LogP contribution in [-0.4, -0.2) is 86.5 Å². The standard InChI is InChI=1S/C35H41N5O6.ClH/c1-24-12-15-28(31(21-24)45-20-7-5-6-11-32(41)40-18-16-38(2)17-19-40)39(3)35(43)25-13-14-27(30(22-25)44-4)37-34(42)26-9-8-10-29-33(26)36-23-46-29;/h8-10,12-15,21-23H,5-7,11,16-20H2,1-4H3,(H,37,42);1H. The van der Waals surface area contributed by atoms with E-state index in [1.165, 1.54) is 13.5 Å². The number of methoxy groups -OCH3 is 1. The smallest absolute Gasteiger partial charge is 0.258 e. The molecule has 1 aromatic heterocycles. The molecule has 0 aliphatic carbocycles. The first kappa shape index (κ1) is 35.2. The number of nitrogens with one attached hydrogen (secondary N) is 1. The number of fused-ring (bicyclic) bond motifs is 1. The number of aromatic nitrogens is 1. The molecule has 12 heteroatoms. The molecule has 4 aromatic rings. The van der Waals surface area contributed by atoms with Gasteiger partial charge in [0, 0.05) is 45.2 Å². The highest BCUT2D eigenvalue weighted by molar-refractivity contribution is 6.12. The number of unbranched alkanes of at least 4 members (excludes halogenated alkanes) is 2. The van der Waals surface area contributed by atoms with E-state index >= 15 is 0 Å². The number of hydrogen-bond donors (Lipinski definition) is 1. The van der Waals surface area contributed by atoms with Gasteiger partial charge in [0.25, 0.3) is 11.8 Å². The molecule has 0 atom stereocenters. The van der Waals surface area contributed by atoms with Gasteiger partial charge in [0.2, 0.25) is 5.91 Å². The molecule has 2 heterocycles. The molecule has 0 saturated carbocycles. The van der Waals surface area contributed by atoms with Crippen molar-refractivity contribution in [3.8, 4) is 11.5 Å². The van der Waals surface area contributed by atoms with Crippen LogP contribution in [0.25, 0.3) is 11.1 Å². The van der Waals surface area contributed by atoms with E-state index in [2.05, 4.69) is 22.2 Å². The molecule has 1 aliphatic rings. The van der Waals surface area contributed by atoms with Gasteiger partial charge in [0.15, 0.2) is 12.0 Å². The zero-order valence-electron chi connectivity index (χ0n) is 27.3. The number of amides is 3. The third-order valence-electron chi connectivity index (χ3n) is 8.23. The number of piperazine rings is 1. The van der Waals surface area contributed by atoms with Crippen LogP contribution >= 0.6 is 12.4 Å². The minimum Gasteiger partial charge on any atom is -0.495 e. The average Bonchev–Trinajstić information content (AvgIpc) is 3.55. The maximum atomic E-state index is 13.6. The first-order chi connectivity index (χ1) is 22.2. The fourth-order valence-electron chi connectivity index (χ4n) is 5.46. The largest absolute Gasteiger partial charge is 0.495 e. The van der Waals surface area contributed by atoms with Crippen LogP contribution in [0, 0.1) is 6.92 Å². The van der Waals surface area contributed by atoms with E-state index in [9.17, 15) is 14.4 Å². The third-order valence-corrected chi connectivity index (χ3v) is 8.23. The number of nitrogens with zero attached hydrogens (tertiary/aromatic N) is 4. The predicted molar refractivity (Wildman–Crippen MR) is 184 cm³/mol. The van der Waals surface area contributed by atoms with E-state index in [1.807, 2.05) is 30.0 Å². The Balaban J connectivity index is 0.00000500. The van der Waals surface area contributed by atoms with E-state index in [1.54, 1.807) is 48.3 Å². The number of para-hydroxylation sites is 1. The van der Waals surface area contributed by atoms with Gasteiger partial charge < -0.3 is 33.9 Å². The van der Waals surface area contributed by atoms with Gasteiger partial charge in [-0.2, -0.15) is 0 Å². The number of likely N-dealkylation sites (N-methyl/N-ethyl adjacent to an activating group) is 1. The molecule has 0 bridgehead atoms. The molecule has 3 amide bonds. The topological polar surface area (TPSA) is 117 Å². The average molecular weight is 664 g/mol. The highest BCUT2D eigenvalue weighted by Crippen LogP contribution is 2.32. The molecule has 3 aromatic carbocycles. The Morgan fingerprint density at radius 3 is 2.53 bits per heavy atom. The molecule has 0 unspecified atom stereocenters. The predicted octanol–water partition coefficient (Wildman–Crippen LogP) is 5.81. The second kappa shape index (κ2) is 16.3. The van der Waals surface area contributed by atoms with Crippen molar-refractivity contribution in [3.05, 3.63) is 77.7 Å². The Kier molecular flexibility index (Phi) is 12.2. The first-order valence-corrected chi connectivity index (χ1v) is 15.5. The van der Waals surface area contributed by atoms with Crippen molar-refractivity contribution < 1.29 is 28.3 Å². The summed E-state index contributed by atoms with van der Waals surface area (Å²) in [6.07, 6.45) is 4.36. The van der Waals surface area contributed by atoms with Crippen molar-refractivity contribution in [1.29, 1.82) is 0 Å². The van der Waals surface area contributed by atoms with Crippen molar-refractivity contribution in [3.63, 3.8) is 0 Å². The maximum Gasteiger partial charge on any atom is 0.258 e. The molecule has 250 valence electrons. The highest BCUT2D eigenvalue weighted by atomic mass is 35.5. The van der Waals surface area contributed by atoms with E-state index in [0.717, 1.165) is 51.0 Å². The van der Waals surface area contributed by atoms with Crippen LogP contribution < -0.4 is 19.7 Å². The lowest BCUT2D eigenvalue weighted by molar-refractivity contribution is -0.132. The van der Waals surface area contributed by atoms with Gasteiger partial charge in [-0.15, -0.1) is 12.4 Å².